The summed E-state index contributed by atoms with van der Waals surface area (Å²) in [5.74, 6) is 2.34. The van der Waals surface area contributed by atoms with Gasteiger partial charge in [-0.05, 0) is 18.2 Å². The molecule has 0 radical (unpaired) electrons. The van der Waals surface area contributed by atoms with Crippen molar-refractivity contribution in [2.45, 2.75) is 6.42 Å². The molecule has 0 bridgehead atoms. The van der Waals surface area contributed by atoms with Gasteiger partial charge in [-0.25, -0.2) is 4.98 Å². The summed E-state index contributed by atoms with van der Waals surface area (Å²) in [6.45, 7) is 0.484. The van der Waals surface area contributed by atoms with Crippen LogP contribution in [0.1, 0.15) is 16.8 Å². The summed E-state index contributed by atoms with van der Waals surface area (Å²) in [7, 11) is 0. The van der Waals surface area contributed by atoms with Crippen molar-refractivity contribution < 1.29 is 4.79 Å². The normalized spacial score (nSPS) is 10.1. The number of fused-ring (bicyclic) bond motifs is 1. The summed E-state index contributed by atoms with van der Waals surface area (Å²) >= 11 is 1.37. The van der Waals surface area contributed by atoms with Crippen LogP contribution in [0.3, 0.4) is 0 Å². The Hall–Kier alpha value is -2.06. The lowest BCUT2D eigenvalue weighted by molar-refractivity contribution is 0.0954. The average Bonchev–Trinajstić information content (AvgIpc) is 2.68. The lowest BCUT2D eigenvalue weighted by Gasteiger charge is -2.02. The van der Waals surface area contributed by atoms with Crippen molar-refractivity contribution >= 4 is 32.6 Å². The van der Waals surface area contributed by atoms with Crippen LogP contribution in [0.4, 0.5) is 5.13 Å². The van der Waals surface area contributed by atoms with Crippen molar-refractivity contribution in [3.05, 3.63) is 23.8 Å². The number of carbonyl (C=O) groups excluding carboxylic acids is 1. The summed E-state index contributed by atoms with van der Waals surface area (Å²) in [5, 5.41) is 3.25. The van der Waals surface area contributed by atoms with E-state index in [0.717, 1.165) is 10.2 Å². The standard InChI is InChI=1S/C12H11N3OS/c1-2-3-6-14-11(16)8-4-5-9-10(7-8)17-12(13)15-9/h1,4-5,7H,3,6H2,(H2,13,15)(H,14,16). The number of anilines is 1. The second kappa shape index (κ2) is 4.85. The smallest absolute Gasteiger partial charge is 0.251 e. The van der Waals surface area contributed by atoms with Crippen molar-refractivity contribution in [2.24, 2.45) is 0 Å². The van der Waals surface area contributed by atoms with Crippen LogP contribution in [0.15, 0.2) is 18.2 Å². The number of aromatic nitrogens is 1. The molecule has 1 heterocycles. The second-order valence-corrected chi connectivity index (χ2v) is 4.51. The summed E-state index contributed by atoms with van der Waals surface area (Å²) in [6.07, 6.45) is 5.64. The lowest BCUT2D eigenvalue weighted by Crippen LogP contribution is -2.23. The van der Waals surface area contributed by atoms with Gasteiger partial charge in [0.25, 0.3) is 5.91 Å². The second-order valence-electron chi connectivity index (χ2n) is 3.44. The van der Waals surface area contributed by atoms with E-state index >= 15 is 0 Å². The van der Waals surface area contributed by atoms with Crippen molar-refractivity contribution in [1.29, 1.82) is 0 Å². The van der Waals surface area contributed by atoms with Crippen LogP contribution in [-0.2, 0) is 0 Å². The highest BCUT2D eigenvalue weighted by Crippen LogP contribution is 2.24. The molecule has 0 spiro atoms. The molecule has 1 aromatic heterocycles. The molecule has 3 N–H and O–H groups in total. The summed E-state index contributed by atoms with van der Waals surface area (Å²) < 4.78 is 0.909. The highest BCUT2D eigenvalue weighted by molar-refractivity contribution is 7.22. The number of amides is 1. The Labute approximate surface area is 103 Å². The summed E-state index contributed by atoms with van der Waals surface area (Å²) in [4.78, 5) is 15.9. The molecule has 0 unspecified atom stereocenters. The molecule has 0 aliphatic heterocycles. The largest absolute Gasteiger partial charge is 0.375 e. The van der Waals surface area contributed by atoms with Crippen LogP contribution >= 0.6 is 11.3 Å². The van der Waals surface area contributed by atoms with Gasteiger partial charge in [-0.3, -0.25) is 4.79 Å². The van der Waals surface area contributed by atoms with E-state index in [1.165, 1.54) is 11.3 Å². The third-order valence-electron chi connectivity index (χ3n) is 2.22. The minimum atomic E-state index is -0.130. The van der Waals surface area contributed by atoms with Crippen molar-refractivity contribution in [2.75, 3.05) is 12.3 Å². The number of rotatable bonds is 3. The van der Waals surface area contributed by atoms with Crippen LogP contribution in [0.5, 0.6) is 0 Å². The Kier molecular flexibility index (Phi) is 3.26. The van der Waals surface area contributed by atoms with Crippen LogP contribution in [0, 0.1) is 12.3 Å². The fourth-order valence-corrected chi connectivity index (χ4v) is 2.21. The Balaban J connectivity index is 2.18. The number of benzene rings is 1. The molecule has 1 amide bonds. The number of carbonyl (C=O) groups is 1. The van der Waals surface area contributed by atoms with E-state index in [1.807, 2.05) is 0 Å². The van der Waals surface area contributed by atoms with Gasteiger partial charge in [0.15, 0.2) is 5.13 Å². The van der Waals surface area contributed by atoms with E-state index < -0.39 is 0 Å². The molecule has 4 nitrogen and oxygen atoms in total. The first-order valence-electron chi connectivity index (χ1n) is 5.08. The van der Waals surface area contributed by atoms with Gasteiger partial charge in [0, 0.05) is 18.5 Å². The molecule has 0 fully saturated rings. The van der Waals surface area contributed by atoms with Crippen LogP contribution in [0.25, 0.3) is 10.2 Å². The van der Waals surface area contributed by atoms with Gasteiger partial charge in [0.05, 0.1) is 10.2 Å². The molecule has 17 heavy (non-hydrogen) atoms. The number of nitrogen functional groups attached to an aromatic ring is 1. The van der Waals surface area contributed by atoms with E-state index in [-0.39, 0.29) is 5.91 Å². The van der Waals surface area contributed by atoms with E-state index in [1.54, 1.807) is 18.2 Å². The molecule has 2 rings (SSSR count). The maximum absolute atomic E-state index is 11.7. The van der Waals surface area contributed by atoms with Gasteiger partial charge in [0.1, 0.15) is 0 Å². The van der Waals surface area contributed by atoms with Crippen molar-refractivity contribution in [1.82, 2.24) is 10.3 Å². The van der Waals surface area contributed by atoms with Crippen LogP contribution in [0.2, 0.25) is 0 Å². The molecule has 5 heteroatoms. The third kappa shape index (κ3) is 2.55. The zero-order valence-electron chi connectivity index (χ0n) is 9.06. The number of nitrogens with one attached hydrogen (secondary N) is 1. The molecule has 0 aliphatic rings. The average molecular weight is 245 g/mol. The van der Waals surface area contributed by atoms with Crippen LogP contribution < -0.4 is 11.1 Å². The minimum Gasteiger partial charge on any atom is -0.375 e. The maximum Gasteiger partial charge on any atom is 0.251 e. The Morgan fingerprint density at radius 1 is 1.59 bits per heavy atom. The van der Waals surface area contributed by atoms with Gasteiger partial charge in [-0.2, -0.15) is 0 Å². The molecule has 0 aliphatic carbocycles. The monoisotopic (exact) mass is 245 g/mol. The van der Waals surface area contributed by atoms with Gasteiger partial charge < -0.3 is 11.1 Å². The molecule has 1 aromatic carbocycles. The third-order valence-corrected chi connectivity index (χ3v) is 3.07. The zero-order chi connectivity index (χ0) is 12.3. The number of thiazole rings is 1. The lowest BCUT2D eigenvalue weighted by atomic mass is 10.2. The number of nitrogens with zero attached hydrogens (tertiary/aromatic N) is 1. The molecule has 86 valence electrons. The number of nitrogens with two attached hydrogens (primary N) is 1. The molecular formula is C12H11N3OS. The van der Waals surface area contributed by atoms with Crippen LogP contribution in [-0.4, -0.2) is 17.4 Å². The summed E-state index contributed by atoms with van der Waals surface area (Å²) in [6, 6.07) is 5.31. The Bertz CT molecular complexity index is 597. The predicted octanol–water partition coefficient (Wildman–Crippen LogP) is 1.63. The van der Waals surface area contributed by atoms with E-state index in [0.29, 0.717) is 23.7 Å². The van der Waals surface area contributed by atoms with Gasteiger partial charge >= 0.3 is 0 Å². The topological polar surface area (TPSA) is 68.0 Å². The molecule has 0 saturated carbocycles. The van der Waals surface area contributed by atoms with Gasteiger partial charge in [0.2, 0.25) is 0 Å². The summed E-state index contributed by atoms with van der Waals surface area (Å²) in [5.41, 5.74) is 7.01. The SMILES string of the molecule is C#CCCNC(=O)c1ccc2nc(N)sc2c1. The van der Waals surface area contributed by atoms with Gasteiger partial charge in [-0.15, -0.1) is 12.3 Å². The number of terminal acetylenes is 1. The number of hydrogen-bond acceptors (Lipinski definition) is 4. The highest BCUT2D eigenvalue weighted by Gasteiger charge is 2.07. The first kappa shape index (κ1) is 11.4. The fourth-order valence-electron chi connectivity index (χ4n) is 1.43. The zero-order valence-corrected chi connectivity index (χ0v) is 9.88. The minimum absolute atomic E-state index is 0.130. The quantitative estimate of drug-likeness (QED) is 0.638. The highest BCUT2D eigenvalue weighted by atomic mass is 32.1. The van der Waals surface area contributed by atoms with Crippen molar-refractivity contribution in [3.8, 4) is 12.3 Å². The Morgan fingerprint density at radius 3 is 3.18 bits per heavy atom. The number of hydrogen-bond donors (Lipinski definition) is 2. The predicted molar refractivity (Wildman–Crippen MR) is 69.8 cm³/mol. The Morgan fingerprint density at radius 2 is 2.41 bits per heavy atom. The molecule has 0 atom stereocenters. The fraction of sp³-hybridized carbons (Fsp3) is 0.167. The maximum atomic E-state index is 11.7. The van der Waals surface area contributed by atoms with E-state index in [9.17, 15) is 4.79 Å². The first-order chi connectivity index (χ1) is 8.20. The first-order valence-corrected chi connectivity index (χ1v) is 5.90. The van der Waals surface area contributed by atoms with Gasteiger partial charge in [-0.1, -0.05) is 11.3 Å². The molecule has 0 saturated heterocycles. The molecular weight excluding hydrogens is 234 g/mol. The van der Waals surface area contributed by atoms with E-state index in [2.05, 4.69) is 16.2 Å². The van der Waals surface area contributed by atoms with E-state index in [4.69, 9.17) is 12.2 Å². The van der Waals surface area contributed by atoms with Crippen molar-refractivity contribution in [3.63, 3.8) is 0 Å². The molecule has 2 aromatic rings.